The Morgan fingerprint density at radius 3 is 2.33 bits per heavy atom. The van der Waals surface area contributed by atoms with Crippen LogP contribution in [-0.4, -0.2) is 16.1 Å². The van der Waals surface area contributed by atoms with E-state index in [1.807, 2.05) is 0 Å². The van der Waals surface area contributed by atoms with Crippen LogP contribution in [0.5, 0.6) is 5.75 Å². The Hall–Kier alpha value is -0.960. The maximum absolute atomic E-state index is 11.3. The quantitative estimate of drug-likeness (QED) is 0.541. The molecule has 1 aromatic carbocycles. The van der Waals surface area contributed by atoms with E-state index in [-0.39, 0.29) is 16.8 Å². The number of carbonyl (C=O) groups is 1. The highest BCUT2D eigenvalue weighted by Crippen LogP contribution is 2.12. The molecule has 12 heavy (non-hydrogen) atoms. The van der Waals surface area contributed by atoms with E-state index >= 15 is 0 Å². The highest BCUT2D eigenvalue weighted by atomic mass is 32.1. The first-order chi connectivity index (χ1) is 5.61. The Kier molecular flexibility index (Phi) is 2.76. The molecule has 1 rings (SSSR count). The van der Waals surface area contributed by atoms with Gasteiger partial charge in [-0.05, 0) is 31.2 Å². The normalized spacial score (nSPS) is 12.5. The second kappa shape index (κ2) is 3.63. The number of phenols is 1. The van der Waals surface area contributed by atoms with Gasteiger partial charge in [0.1, 0.15) is 5.75 Å². The number of carbonyl (C=O) groups excluding carboxylic acids is 1. The van der Waals surface area contributed by atoms with Gasteiger partial charge in [-0.25, -0.2) is 0 Å². The third kappa shape index (κ3) is 2.01. The maximum Gasteiger partial charge on any atom is 0.175 e. The molecule has 0 aromatic heterocycles. The molecule has 0 saturated heterocycles. The van der Waals surface area contributed by atoms with Crippen molar-refractivity contribution in [3.63, 3.8) is 0 Å². The summed E-state index contributed by atoms with van der Waals surface area (Å²) in [5.41, 5.74) is 0.579. The van der Waals surface area contributed by atoms with E-state index in [1.54, 1.807) is 19.1 Å². The fourth-order valence-electron chi connectivity index (χ4n) is 0.867. The number of phenolic OH excluding ortho intramolecular Hbond substituents is 1. The SMILES string of the molecule is CC(S)C(=O)c1ccc(O)cc1. The summed E-state index contributed by atoms with van der Waals surface area (Å²) in [7, 11) is 0. The van der Waals surface area contributed by atoms with E-state index in [9.17, 15) is 4.79 Å². The lowest BCUT2D eigenvalue weighted by atomic mass is 10.1. The van der Waals surface area contributed by atoms with Gasteiger partial charge in [-0.3, -0.25) is 4.79 Å². The highest BCUT2D eigenvalue weighted by Gasteiger charge is 2.09. The molecular weight excluding hydrogens is 172 g/mol. The molecule has 64 valence electrons. The maximum atomic E-state index is 11.3. The Morgan fingerprint density at radius 2 is 1.92 bits per heavy atom. The van der Waals surface area contributed by atoms with Crippen molar-refractivity contribution in [3.8, 4) is 5.75 Å². The Labute approximate surface area is 76.6 Å². The number of Topliss-reactive ketones (excluding diaryl/α,β-unsaturated/α-hetero) is 1. The molecule has 1 aromatic rings. The Balaban J connectivity index is 2.90. The molecule has 1 unspecified atom stereocenters. The molecule has 0 radical (unpaired) electrons. The number of rotatable bonds is 2. The van der Waals surface area contributed by atoms with Gasteiger partial charge in [0, 0.05) is 5.56 Å². The summed E-state index contributed by atoms with van der Waals surface area (Å²) in [6.07, 6.45) is 0. The lowest BCUT2D eigenvalue weighted by Gasteiger charge is -2.02. The smallest absolute Gasteiger partial charge is 0.175 e. The van der Waals surface area contributed by atoms with Crippen molar-refractivity contribution in [2.45, 2.75) is 12.2 Å². The van der Waals surface area contributed by atoms with Gasteiger partial charge in [0.15, 0.2) is 5.78 Å². The van der Waals surface area contributed by atoms with Gasteiger partial charge in [0.25, 0.3) is 0 Å². The second-order valence-electron chi connectivity index (χ2n) is 2.59. The average Bonchev–Trinajstić information content (AvgIpc) is 2.04. The first-order valence-electron chi connectivity index (χ1n) is 3.62. The van der Waals surface area contributed by atoms with E-state index in [4.69, 9.17) is 5.11 Å². The fraction of sp³-hybridized carbons (Fsp3) is 0.222. The number of hydrogen-bond donors (Lipinski definition) is 2. The van der Waals surface area contributed by atoms with Crippen LogP contribution in [0.15, 0.2) is 24.3 Å². The third-order valence-corrected chi connectivity index (χ3v) is 1.77. The van der Waals surface area contributed by atoms with Gasteiger partial charge in [0.05, 0.1) is 5.25 Å². The van der Waals surface area contributed by atoms with Gasteiger partial charge in [-0.1, -0.05) is 0 Å². The van der Waals surface area contributed by atoms with Crippen LogP contribution in [0.2, 0.25) is 0 Å². The van der Waals surface area contributed by atoms with Crippen LogP contribution in [-0.2, 0) is 0 Å². The summed E-state index contributed by atoms with van der Waals surface area (Å²) < 4.78 is 0. The molecule has 0 fully saturated rings. The van der Waals surface area contributed by atoms with E-state index in [0.717, 1.165) is 0 Å². The fourth-order valence-corrected chi connectivity index (χ4v) is 1.02. The number of ketones is 1. The largest absolute Gasteiger partial charge is 0.508 e. The minimum Gasteiger partial charge on any atom is -0.508 e. The van der Waals surface area contributed by atoms with Crippen LogP contribution >= 0.6 is 12.6 Å². The lowest BCUT2D eigenvalue weighted by molar-refractivity contribution is 0.0994. The third-order valence-electron chi connectivity index (χ3n) is 1.53. The number of benzene rings is 1. The molecule has 1 N–H and O–H groups in total. The van der Waals surface area contributed by atoms with Gasteiger partial charge in [-0.15, -0.1) is 0 Å². The van der Waals surface area contributed by atoms with Crippen LogP contribution < -0.4 is 0 Å². The minimum atomic E-state index is -0.297. The highest BCUT2D eigenvalue weighted by molar-refractivity contribution is 7.81. The topological polar surface area (TPSA) is 37.3 Å². The lowest BCUT2D eigenvalue weighted by Crippen LogP contribution is -2.09. The molecule has 0 aliphatic rings. The predicted octanol–water partition coefficient (Wildman–Crippen LogP) is 1.89. The van der Waals surface area contributed by atoms with E-state index in [1.165, 1.54) is 12.1 Å². The van der Waals surface area contributed by atoms with Crippen LogP contribution in [0.1, 0.15) is 17.3 Å². The molecule has 0 bridgehead atoms. The van der Waals surface area contributed by atoms with Crippen LogP contribution in [0.3, 0.4) is 0 Å². The summed E-state index contributed by atoms with van der Waals surface area (Å²) in [6.45, 7) is 1.72. The molecule has 3 heteroatoms. The number of aromatic hydroxyl groups is 1. The zero-order chi connectivity index (χ0) is 9.14. The summed E-state index contributed by atoms with van der Waals surface area (Å²) in [6, 6.07) is 6.15. The Morgan fingerprint density at radius 1 is 1.42 bits per heavy atom. The number of hydrogen-bond acceptors (Lipinski definition) is 3. The first kappa shape index (κ1) is 9.13. The molecule has 2 nitrogen and oxygen atoms in total. The molecule has 0 amide bonds. The van der Waals surface area contributed by atoms with Gasteiger partial charge in [-0.2, -0.15) is 12.6 Å². The first-order valence-corrected chi connectivity index (χ1v) is 4.14. The molecule has 0 spiro atoms. The summed E-state index contributed by atoms with van der Waals surface area (Å²) in [5, 5.41) is 8.65. The van der Waals surface area contributed by atoms with Crippen molar-refractivity contribution >= 4 is 18.4 Å². The van der Waals surface area contributed by atoms with Gasteiger partial charge < -0.3 is 5.11 Å². The van der Waals surface area contributed by atoms with Crippen molar-refractivity contribution in [2.24, 2.45) is 0 Å². The van der Waals surface area contributed by atoms with Crippen LogP contribution in [0, 0.1) is 0 Å². The van der Waals surface area contributed by atoms with Crippen LogP contribution in [0.25, 0.3) is 0 Å². The molecule has 1 atom stereocenters. The molecule has 0 saturated carbocycles. The second-order valence-corrected chi connectivity index (χ2v) is 3.36. The predicted molar refractivity (Wildman–Crippen MR) is 50.9 cm³/mol. The van der Waals surface area contributed by atoms with Crippen molar-refractivity contribution in [1.82, 2.24) is 0 Å². The Bertz CT molecular complexity index is 277. The van der Waals surface area contributed by atoms with Gasteiger partial charge in [0.2, 0.25) is 0 Å². The van der Waals surface area contributed by atoms with Crippen molar-refractivity contribution in [2.75, 3.05) is 0 Å². The monoisotopic (exact) mass is 182 g/mol. The summed E-state index contributed by atoms with van der Waals surface area (Å²) >= 11 is 4.02. The van der Waals surface area contributed by atoms with Crippen molar-refractivity contribution in [3.05, 3.63) is 29.8 Å². The summed E-state index contributed by atoms with van der Waals surface area (Å²) in [4.78, 5) is 11.3. The van der Waals surface area contributed by atoms with Gasteiger partial charge >= 0.3 is 0 Å². The standard InChI is InChI=1S/C9H10O2S/c1-6(12)9(11)7-2-4-8(10)5-3-7/h2-6,10,12H,1H3. The zero-order valence-corrected chi connectivity index (χ0v) is 7.58. The van der Waals surface area contributed by atoms with E-state index in [0.29, 0.717) is 5.56 Å². The molecule has 0 aliphatic carbocycles. The number of thiol groups is 1. The molecule has 0 heterocycles. The van der Waals surface area contributed by atoms with E-state index in [2.05, 4.69) is 12.6 Å². The zero-order valence-electron chi connectivity index (χ0n) is 6.69. The van der Waals surface area contributed by atoms with E-state index < -0.39 is 0 Å². The average molecular weight is 182 g/mol. The van der Waals surface area contributed by atoms with Crippen molar-refractivity contribution in [1.29, 1.82) is 0 Å². The summed E-state index contributed by atoms with van der Waals surface area (Å²) in [5.74, 6) is 0.136. The molecular formula is C9H10O2S. The minimum absolute atomic E-state index is 0.0293. The molecule has 0 aliphatic heterocycles. The van der Waals surface area contributed by atoms with Crippen LogP contribution in [0.4, 0.5) is 0 Å². The van der Waals surface area contributed by atoms with Crippen molar-refractivity contribution < 1.29 is 9.90 Å².